The number of carbonyl (C=O) groups excluding carboxylic acids is 1. The van der Waals surface area contributed by atoms with E-state index in [9.17, 15) is 9.90 Å². The van der Waals surface area contributed by atoms with E-state index in [2.05, 4.69) is 20.8 Å². The Kier molecular flexibility index (Phi) is 8.74. The first kappa shape index (κ1) is 20.6. The first-order valence-corrected chi connectivity index (χ1v) is 8.67. The molecule has 0 bridgehead atoms. The van der Waals surface area contributed by atoms with E-state index in [0.29, 0.717) is 29.2 Å². The third kappa shape index (κ3) is 10.9. The van der Waals surface area contributed by atoms with Crippen molar-refractivity contribution in [3.05, 3.63) is 0 Å². The van der Waals surface area contributed by atoms with Crippen LogP contribution in [0.3, 0.4) is 0 Å². The van der Waals surface area contributed by atoms with E-state index in [4.69, 9.17) is 9.16 Å². The lowest BCUT2D eigenvalue weighted by atomic mass is 9.95. The van der Waals surface area contributed by atoms with Crippen molar-refractivity contribution in [3.63, 3.8) is 0 Å². The van der Waals surface area contributed by atoms with Crippen molar-refractivity contribution in [1.29, 1.82) is 0 Å². The lowest BCUT2D eigenvalue weighted by Gasteiger charge is -2.26. The second-order valence-electron chi connectivity index (χ2n) is 7.46. The molecule has 2 radical (unpaired) electrons. The first-order valence-electron chi connectivity index (χ1n) is 7.76. The van der Waals surface area contributed by atoms with Crippen molar-refractivity contribution in [2.45, 2.75) is 84.5 Å². The standard InChI is InChI=1S/C16H32O4Si/c1-8-13(17)12(14(18)20-15(2,3)4)10-9-11-19-21-16(5,6)7/h12-13,17H,8-11H2,1-7H3/t12-,13+/m0/s1. The molecule has 0 spiro atoms. The molecule has 0 amide bonds. The average Bonchev–Trinajstić information content (AvgIpc) is 2.29. The van der Waals surface area contributed by atoms with Gasteiger partial charge >= 0.3 is 5.97 Å². The van der Waals surface area contributed by atoms with E-state index < -0.39 is 17.6 Å². The molecule has 0 aliphatic carbocycles. The largest absolute Gasteiger partial charge is 0.460 e. The normalized spacial score (nSPS) is 15.6. The molecule has 21 heavy (non-hydrogen) atoms. The Morgan fingerprint density at radius 2 is 1.76 bits per heavy atom. The molecule has 1 N–H and O–H groups in total. The lowest BCUT2D eigenvalue weighted by Crippen LogP contribution is -2.35. The van der Waals surface area contributed by atoms with Gasteiger partial charge in [0, 0.05) is 6.61 Å². The van der Waals surface area contributed by atoms with Gasteiger partial charge in [-0.2, -0.15) is 0 Å². The number of hydrogen-bond acceptors (Lipinski definition) is 4. The highest BCUT2D eigenvalue weighted by Gasteiger charge is 2.29. The maximum Gasteiger partial charge on any atom is 0.312 e. The van der Waals surface area contributed by atoms with Gasteiger partial charge in [-0.05, 0) is 45.1 Å². The van der Waals surface area contributed by atoms with Gasteiger partial charge in [0.25, 0.3) is 0 Å². The Morgan fingerprint density at radius 3 is 2.19 bits per heavy atom. The molecule has 0 fully saturated rings. The van der Waals surface area contributed by atoms with E-state index >= 15 is 0 Å². The Balaban J connectivity index is 4.29. The molecule has 0 aliphatic rings. The summed E-state index contributed by atoms with van der Waals surface area (Å²) in [5.74, 6) is -0.772. The summed E-state index contributed by atoms with van der Waals surface area (Å²) >= 11 is 0. The van der Waals surface area contributed by atoms with E-state index in [0.717, 1.165) is 6.42 Å². The Morgan fingerprint density at radius 1 is 1.19 bits per heavy atom. The summed E-state index contributed by atoms with van der Waals surface area (Å²) in [6.07, 6.45) is 1.25. The molecule has 0 heterocycles. The van der Waals surface area contributed by atoms with Crippen LogP contribution >= 0.6 is 0 Å². The number of esters is 1. The monoisotopic (exact) mass is 316 g/mol. The van der Waals surface area contributed by atoms with Crippen LogP contribution in [0, 0.1) is 5.92 Å². The van der Waals surface area contributed by atoms with Crippen LogP contribution < -0.4 is 0 Å². The Hall–Kier alpha value is -0.393. The fourth-order valence-electron chi connectivity index (χ4n) is 1.77. The number of aliphatic hydroxyl groups excluding tert-OH is 1. The Labute approximate surface area is 132 Å². The van der Waals surface area contributed by atoms with Gasteiger partial charge in [-0.1, -0.05) is 27.7 Å². The summed E-state index contributed by atoms with van der Waals surface area (Å²) in [5, 5.41) is 10.2. The molecule has 0 aliphatic heterocycles. The Bertz CT molecular complexity index is 304. The molecule has 0 saturated heterocycles. The zero-order valence-electron chi connectivity index (χ0n) is 14.7. The zero-order chi connectivity index (χ0) is 16.7. The molecule has 2 atom stereocenters. The number of ether oxygens (including phenoxy) is 1. The molecule has 0 aromatic carbocycles. The summed E-state index contributed by atoms with van der Waals surface area (Å²) in [4.78, 5) is 12.2. The van der Waals surface area contributed by atoms with Crippen LogP contribution in [-0.4, -0.2) is 39.2 Å². The van der Waals surface area contributed by atoms with Gasteiger partial charge in [-0.15, -0.1) is 0 Å². The van der Waals surface area contributed by atoms with Crippen LogP contribution in [0.25, 0.3) is 0 Å². The highest BCUT2D eigenvalue weighted by molar-refractivity contribution is 6.31. The van der Waals surface area contributed by atoms with E-state index in [1.807, 2.05) is 27.7 Å². The van der Waals surface area contributed by atoms with Crippen molar-refractivity contribution < 1.29 is 19.1 Å². The molecule has 0 aromatic rings. The van der Waals surface area contributed by atoms with Crippen molar-refractivity contribution >= 4 is 15.7 Å². The molecule has 0 rings (SSSR count). The number of carbonyl (C=O) groups is 1. The molecular formula is C16H32O4Si. The SMILES string of the molecule is CC[C@@H](O)[C@H](CCCO[Si]C(C)(C)C)C(=O)OC(C)(C)C. The van der Waals surface area contributed by atoms with E-state index in [1.54, 1.807) is 0 Å². The molecule has 124 valence electrons. The highest BCUT2D eigenvalue weighted by atomic mass is 28.2. The summed E-state index contributed by atoms with van der Waals surface area (Å²) in [7, 11) is 0.447. The van der Waals surface area contributed by atoms with Crippen LogP contribution in [-0.2, 0) is 14.0 Å². The van der Waals surface area contributed by atoms with Gasteiger partial charge < -0.3 is 14.3 Å². The highest BCUT2D eigenvalue weighted by Crippen LogP contribution is 2.22. The minimum atomic E-state index is -0.648. The topological polar surface area (TPSA) is 55.8 Å². The summed E-state index contributed by atoms with van der Waals surface area (Å²) in [5.41, 5.74) is -0.521. The summed E-state index contributed by atoms with van der Waals surface area (Å²) in [6.45, 7) is 14.4. The summed E-state index contributed by atoms with van der Waals surface area (Å²) in [6, 6.07) is 0. The van der Waals surface area contributed by atoms with Gasteiger partial charge in [0.05, 0.1) is 12.0 Å². The van der Waals surface area contributed by atoms with Crippen LogP contribution in [0.4, 0.5) is 0 Å². The number of hydrogen-bond donors (Lipinski definition) is 1. The van der Waals surface area contributed by atoms with Crippen molar-refractivity contribution in [2.24, 2.45) is 5.92 Å². The van der Waals surface area contributed by atoms with Gasteiger partial charge in [-0.3, -0.25) is 4.79 Å². The van der Waals surface area contributed by atoms with Gasteiger partial charge in [0.15, 0.2) is 0 Å². The zero-order valence-corrected chi connectivity index (χ0v) is 15.7. The maximum atomic E-state index is 12.2. The second-order valence-corrected chi connectivity index (χ2v) is 9.45. The van der Waals surface area contributed by atoms with E-state index in [-0.39, 0.29) is 11.0 Å². The van der Waals surface area contributed by atoms with Crippen LogP contribution in [0.2, 0.25) is 5.04 Å². The second kappa shape index (κ2) is 8.91. The smallest absolute Gasteiger partial charge is 0.312 e. The van der Waals surface area contributed by atoms with Crippen LogP contribution in [0.1, 0.15) is 67.7 Å². The van der Waals surface area contributed by atoms with Crippen molar-refractivity contribution in [3.8, 4) is 0 Å². The molecule has 0 aromatic heterocycles. The predicted octanol–water partition coefficient (Wildman–Crippen LogP) is 3.35. The molecule has 0 unspecified atom stereocenters. The minimum absolute atomic E-state index is 0.174. The molecule has 5 heteroatoms. The average molecular weight is 317 g/mol. The third-order valence-corrected chi connectivity index (χ3v) is 3.69. The quantitative estimate of drug-likeness (QED) is 0.424. The molecule has 4 nitrogen and oxygen atoms in total. The third-order valence-electron chi connectivity index (χ3n) is 2.73. The minimum Gasteiger partial charge on any atom is -0.460 e. The molecule has 0 saturated carbocycles. The lowest BCUT2D eigenvalue weighted by molar-refractivity contribution is -0.164. The van der Waals surface area contributed by atoms with Crippen LogP contribution in [0.15, 0.2) is 0 Å². The number of aliphatic hydroxyl groups is 1. The van der Waals surface area contributed by atoms with Gasteiger partial charge in [0.2, 0.25) is 9.76 Å². The van der Waals surface area contributed by atoms with Crippen molar-refractivity contribution in [1.82, 2.24) is 0 Å². The fraction of sp³-hybridized carbons (Fsp3) is 0.938. The predicted molar refractivity (Wildman–Crippen MR) is 86.3 cm³/mol. The molecular weight excluding hydrogens is 284 g/mol. The maximum absolute atomic E-state index is 12.2. The summed E-state index contributed by atoms with van der Waals surface area (Å²) < 4.78 is 11.0. The fourth-order valence-corrected chi connectivity index (χ4v) is 2.45. The first-order chi connectivity index (χ1) is 9.46. The van der Waals surface area contributed by atoms with Crippen LogP contribution in [0.5, 0.6) is 0 Å². The van der Waals surface area contributed by atoms with E-state index in [1.165, 1.54) is 0 Å². The van der Waals surface area contributed by atoms with Gasteiger partial charge in [-0.25, -0.2) is 0 Å². The number of rotatable bonds is 8. The van der Waals surface area contributed by atoms with Gasteiger partial charge in [0.1, 0.15) is 5.60 Å². The van der Waals surface area contributed by atoms with Crippen molar-refractivity contribution in [2.75, 3.05) is 6.61 Å².